The molecule has 0 bridgehead atoms. The molecule has 0 atom stereocenters. The second-order valence-corrected chi connectivity index (χ2v) is 17.5. The van der Waals surface area contributed by atoms with Gasteiger partial charge in [0.25, 0.3) is 0 Å². The average molecular weight is 791 g/mol. The fourth-order valence-corrected chi connectivity index (χ4v) is 7.25. The number of allylic oxidation sites excluding steroid dienone is 4. The molecular weight excluding hydrogens is 693 g/mol. The molecule has 1 amide bonds. The van der Waals surface area contributed by atoms with Crippen LogP contribution in [-0.2, 0) is 14.2 Å². The summed E-state index contributed by atoms with van der Waals surface area (Å²) in [7, 11) is 0. The van der Waals surface area contributed by atoms with E-state index in [0.29, 0.717) is 44.8 Å². The number of carbonyl (C=O) groups excluding carboxylic acids is 1. The predicted molar refractivity (Wildman–Crippen MR) is 245 cm³/mol. The van der Waals surface area contributed by atoms with Crippen LogP contribution in [0.1, 0.15) is 221 Å². The largest absolute Gasteiger partial charge is 0.441 e. The van der Waals surface area contributed by atoms with Gasteiger partial charge in [0.2, 0.25) is 0 Å². The summed E-state index contributed by atoms with van der Waals surface area (Å²) in [6.07, 6.45) is 45.2. The van der Waals surface area contributed by atoms with Crippen molar-refractivity contribution in [3.05, 3.63) is 24.3 Å². The van der Waals surface area contributed by atoms with E-state index in [1.54, 1.807) is 0 Å². The lowest BCUT2D eigenvalue weighted by Gasteiger charge is -2.26. The number of nitrogens with one attached hydrogen (secondary N) is 1. The molecular formula is C50H98N2O4. The third kappa shape index (κ3) is 43.7. The number of alkyl carbamates (subject to hydrolysis) is 1. The summed E-state index contributed by atoms with van der Waals surface area (Å²) in [4.78, 5) is 15.2. The van der Waals surface area contributed by atoms with Crippen LogP contribution in [0.2, 0.25) is 0 Å². The van der Waals surface area contributed by atoms with Crippen molar-refractivity contribution in [3.63, 3.8) is 0 Å². The van der Waals surface area contributed by atoms with Crippen molar-refractivity contribution >= 4 is 6.09 Å². The zero-order valence-corrected chi connectivity index (χ0v) is 38.6. The Morgan fingerprint density at radius 1 is 0.500 bits per heavy atom. The van der Waals surface area contributed by atoms with Gasteiger partial charge in [-0.05, 0) is 76.0 Å². The standard InChI is InChI=1S/C50H98N2O4/c1-7-9-11-13-15-17-19-21-23-25-27-29-31-33-35-37-41-54-45-49(56-50(53)51-39-40-52(43-47(3)4)44-48(5)6)46-55-42-38-36-34-32-30-28-26-24-22-20-18-16-14-12-10-8-2/h21-24,47-49H,7-20,25-46H2,1-6H3,(H,51,53)/b23-21-,24-22-. The molecule has 6 heteroatoms. The molecule has 0 unspecified atom stereocenters. The number of ether oxygens (including phenoxy) is 3. The molecule has 1 N–H and O–H groups in total. The summed E-state index contributed by atoms with van der Waals surface area (Å²) >= 11 is 0. The molecule has 6 nitrogen and oxygen atoms in total. The van der Waals surface area contributed by atoms with Crippen LogP contribution in [0.25, 0.3) is 0 Å². The third-order valence-electron chi connectivity index (χ3n) is 10.4. The molecule has 0 heterocycles. The first-order valence-electron chi connectivity index (χ1n) is 24.5. The minimum atomic E-state index is -0.388. The second-order valence-electron chi connectivity index (χ2n) is 17.5. The van der Waals surface area contributed by atoms with Crippen LogP contribution in [0.5, 0.6) is 0 Å². The third-order valence-corrected chi connectivity index (χ3v) is 10.4. The lowest BCUT2D eigenvalue weighted by Crippen LogP contribution is -2.40. The number of unbranched alkanes of at least 4 members (excludes halogenated alkanes) is 24. The van der Waals surface area contributed by atoms with E-state index < -0.39 is 0 Å². The van der Waals surface area contributed by atoms with Crippen molar-refractivity contribution in [3.8, 4) is 0 Å². The minimum absolute atomic E-state index is 0.370. The van der Waals surface area contributed by atoms with Crippen LogP contribution < -0.4 is 5.32 Å². The van der Waals surface area contributed by atoms with E-state index in [9.17, 15) is 4.79 Å². The van der Waals surface area contributed by atoms with Crippen LogP contribution in [0.4, 0.5) is 4.79 Å². The summed E-state index contributed by atoms with van der Waals surface area (Å²) in [6.45, 7) is 19.2. The molecule has 0 spiro atoms. The van der Waals surface area contributed by atoms with Crippen molar-refractivity contribution in [2.24, 2.45) is 11.8 Å². The highest BCUT2D eigenvalue weighted by Crippen LogP contribution is 2.12. The van der Waals surface area contributed by atoms with E-state index in [1.807, 2.05) is 0 Å². The molecule has 0 aromatic carbocycles. The minimum Gasteiger partial charge on any atom is -0.441 e. The Balaban J connectivity index is 4.25. The van der Waals surface area contributed by atoms with Gasteiger partial charge >= 0.3 is 6.09 Å². The van der Waals surface area contributed by atoms with Crippen LogP contribution in [-0.4, -0.2) is 69.7 Å². The first-order chi connectivity index (χ1) is 27.4. The molecule has 332 valence electrons. The summed E-state index contributed by atoms with van der Waals surface area (Å²) in [5, 5.41) is 2.99. The lowest BCUT2D eigenvalue weighted by molar-refractivity contribution is -0.0293. The van der Waals surface area contributed by atoms with Crippen LogP contribution in [0, 0.1) is 11.8 Å². The number of rotatable bonds is 44. The first-order valence-corrected chi connectivity index (χ1v) is 24.5. The zero-order valence-electron chi connectivity index (χ0n) is 38.6. The topological polar surface area (TPSA) is 60.0 Å². The molecule has 0 aliphatic heterocycles. The molecule has 0 aromatic heterocycles. The van der Waals surface area contributed by atoms with Crippen molar-refractivity contribution < 1.29 is 19.0 Å². The van der Waals surface area contributed by atoms with Gasteiger partial charge in [-0.1, -0.05) is 181 Å². The van der Waals surface area contributed by atoms with E-state index in [4.69, 9.17) is 14.2 Å². The molecule has 0 aromatic rings. The summed E-state index contributed by atoms with van der Waals surface area (Å²) < 4.78 is 17.9. The normalized spacial score (nSPS) is 12.2. The first kappa shape index (κ1) is 54.6. The molecule has 0 rings (SSSR count). The van der Waals surface area contributed by atoms with Gasteiger partial charge in [-0.3, -0.25) is 0 Å². The van der Waals surface area contributed by atoms with E-state index in [2.05, 4.69) is 76.1 Å². The molecule has 0 aliphatic rings. The number of hydrogen-bond donors (Lipinski definition) is 1. The van der Waals surface area contributed by atoms with Crippen molar-refractivity contribution in [1.29, 1.82) is 0 Å². The highest BCUT2D eigenvalue weighted by atomic mass is 16.6. The summed E-state index contributed by atoms with van der Waals surface area (Å²) in [5.41, 5.74) is 0. The Kier molecular flexibility index (Phi) is 43.6. The fourth-order valence-electron chi connectivity index (χ4n) is 7.25. The SMILES string of the molecule is CCCCCCCC/C=C\CCCCCCCCOCC(COCCCCCCCC/C=C\CCCCCCCC)OC(=O)NCCN(CC(C)C)CC(C)C. The zero-order chi connectivity index (χ0) is 41.0. The van der Waals surface area contributed by atoms with Gasteiger partial charge in [-0.15, -0.1) is 0 Å². The Bertz CT molecular complexity index is 789. The Morgan fingerprint density at radius 3 is 1.20 bits per heavy atom. The highest BCUT2D eigenvalue weighted by molar-refractivity contribution is 5.67. The van der Waals surface area contributed by atoms with Gasteiger partial charge < -0.3 is 24.4 Å². The van der Waals surface area contributed by atoms with Gasteiger partial charge in [-0.25, -0.2) is 4.79 Å². The van der Waals surface area contributed by atoms with Crippen molar-refractivity contribution in [2.45, 2.75) is 227 Å². The molecule has 0 saturated carbocycles. The molecule has 0 radical (unpaired) electrons. The average Bonchev–Trinajstić information content (AvgIpc) is 3.16. The maximum atomic E-state index is 12.8. The van der Waals surface area contributed by atoms with E-state index in [0.717, 1.165) is 32.5 Å². The van der Waals surface area contributed by atoms with Crippen molar-refractivity contribution in [1.82, 2.24) is 10.2 Å². The molecule has 0 fully saturated rings. The highest BCUT2D eigenvalue weighted by Gasteiger charge is 2.16. The van der Waals surface area contributed by atoms with Gasteiger partial charge in [0.05, 0.1) is 13.2 Å². The monoisotopic (exact) mass is 791 g/mol. The van der Waals surface area contributed by atoms with E-state index in [1.165, 1.54) is 167 Å². The molecule has 0 aliphatic carbocycles. The van der Waals surface area contributed by atoms with Gasteiger partial charge in [-0.2, -0.15) is 0 Å². The van der Waals surface area contributed by atoms with Crippen LogP contribution in [0.15, 0.2) is 24.3 Å². The Labute approximate surface area is 350 Å². The summed E-state index contributed by atoms with van der Waals surface area (Å²) in [5.74, 6) is 1.19. The van der Waals surface area contributed by atoms with Crippen LogP contribution in [0.3, 0.4) is 0 Å². The Hall–Kier alpha value is -1.37. The van der Waals surface area contributed by atoms with Gasteiger partial charge in [0.1, 0.15) is 0 Å². The van der Waals surface area contributed by atoms with Gasteiger partial charge in [0.15, 0.2) is 6.10 Å². The molecule has 56 heavy (non-hydrogen) atoms. The number of nitrogens with zero attached hydrogens (tertiary/aromatic N) is 1. The number of carbonyl (C=O) groups is 1. The van der Waals surface area contributed by atoms with E-state index >= 15 is 0 Å². The van der Waals surface area contributed by atoms with Crippen molar-refractivity contribution in [2.75, 3.05) is 52.6 Å². The Morgan fingerprint density at radius 2 is 0.839 bits per heavy atom. The predicted octanol–water partition coefficient (Wildman–Crippen LogP) is 14.8. The fraction of sp³-hybridized carbons (Fsp3) is 0.900. The number of amides is 1. The van der Waals surface area contributed by atoms with Gasteiger partial charge in [0, 0.05) is 39.4 Å². The van der Waals surface area contributed by atoms with Crippen LogP contribution >= 0.6 is 0 Å². The maximum absolute atomic E-state index is 12.8. The quantitative estimate of drug-likeness (QED) is 0.0492. The molecule has 0 saturated heterocycles. The maximum Gasteiger partial charge on any atom is 0.407 e. The smallest absolute Gasteiger partial charge is 0.407 e. The second kappa shape index (κ2) is 44.7. The van der Waals surface area contributed by atoms with E-state index in [-0.39, 0.29) is 12.2 Å². The lowest BCUT2D eigenvalue weighted by atomic mass is 10.1. The summed E-state index contributed by atoms with van der Waals surface area (Å²) in [6, 6.07) is 0. The number of hydrogen-bond acceptors (Lipinski definition) is 5.